The molecule has 1 saturated heterocycles. The average Bonchev–Trinajstić information content (AvgIpc) is 2.32. The number of anilines is 1. The molecule has 1 aliphatic rings. The van der Waals surface area contributed by atoms with Gasteiger partial charge < -0.3 is 10.0 Å². The Morgan fingerprint density at radius 1 is 1.25 bits per heavy atom. The SMILES string of the molecule is OCCN1CCN(c2[c]cc(Br)cc2)CC1. The summed E-state index contributed by atoms with van der Waals surface area (Å²) >= 11 is 3.41. The van der Waals surface area contributed by atoms with Crippen LogP contribution >= 0.6 is 15.9 Å². The molecule has 4 heteroatoms. The van der Waals surface area contributed by atoms with Gasteiger partial charge in [-0.2, -0.15) is 0 Å². The van der Waals surface area contributed by atoms with Crippen LogP contribution < -0.4 is 4.90 Å². The van der Waals surface area contributed by atoms with Crippen LogP contribution in [0.25, 0.3) is 0 Å². The van der Waals surface area contributed by atoms with Crippen molar-refractivity contribution in [1.82, 2.24) is 4.90 Å². The van der Waals surface area contributed by atoms with E-state index in [-0.39, 0.29) is 6.61 Å². The van der Waals surface area contributed by atoms with Crippen LogP contribution in [-0.2, 0) is 0 Å². The van der Waals surface area contributed by atoms with E-state index in [1.165, 1.54) is 0 Å². The normalized spacial score (nSPS) is 17.8. The first-order chi connectivity index (χ1) is 7.79. The molecule has 1 radical (unpaired) electrons. The number of benzene rings is 1. The second-order valence-corrected chi connectivity index (χ2v) is 4.86. The van der Waals surface area contributed by atoms with Crippen LogP contribution in [0.1, 0.15) is 0 Å². The number of halogens is 1. The summed E-state index contributed by atoms with van der Waals surface area (Å²) in [4.78, 5) is 4.62. The van der Waals surface area contributed by atoms with E-state index < -0.39 is 0 Å². The van der Waals surface area contributed by atoms with Crippen molar-refractivity contribution < 1.29 is 5.11 Å². The molecule has 1 aromatic rings. The monoisotopic (exact) mass is 283 g/mol. The molecule has 0 bridgehead atoms. The summed E-state index contributed by atoms with van der Waals surface area (Å²) in [7, 11) is 0. The van der Waals surface area contributed by atoms with E-state index in [0.717, 1.165) is 42.9 Å². The van der Waals surface area contributed by atoms with Gasteiger partial charge in [0.2, 0.25) is 0 Å². The van der Waals surface area contributed by atoms with Gasteiger partial charge in [-0.05, 0) is 18.2 Å². The molecule has 2 rings (SSSR count). The minimum absolute atomic E-state index is 0.254. The number of aliphatic hydroxyl groups excluding tert-OH is 1. The molecular weight excluding hydrogens is 268 g/mol. The molecule has 1 aliphatic heterocycles. The maximum atomic E-state index is 8.87. The zero-order chi connectivity index (χ0) is 11.4. The second-order valence-electron chi connectivity index (χ2n) is 3.94. The van der Waals surface area contributed by atoms with Crippen LogP contribution in [0.3, 0.4) is 0 Å². The van der Waals surface area contributed by atoms with Gasteiger partial charge in [0.15, 0.2) is 0 Å². The topological polar surface area (TPSA) is 26.7 Å². The lowest BCUT2D eigenvalue weighted by atomic mass is 10.2. The summed E-state index contributed by atoms with van der Waals surface area (Å²) in [5.74, 6) is 0. The van der Waals surface area contributed by atoms with Crippen molar-refractivity contribution >= 4 is 21.6 Å². The number of piperazine rings is 1. The fraction of sp³-hybridized carbons (Fsp3) is 0.500. The highest BCUT2D eigenvalue weighted by Crippen LogP contribution is 2.18. The molecule has 0 spiro atoms. The molecule has 1 N–H and O–H groups in total. The minimum atomic E-state index is 0.254. The lowest BCUT2D eigenvalue weighted by molar-refractivity contribution is 0.189. The lowest BCUT2D eigenvalue weighted by Gasteiger charge is -2.35. The van der Waals surface area contributed by atoms with Gasteiger partial charge in [0.1, 0.15) is 0 Å². The Kier molecular flexibility index (Phi) is 4.21. The molecule has 16 heavy (non-hydrogen) atoms. The van der Waals surface area contributed by atoms with E-state index in [1.807, 2.05) is 12.1 Å². The van der Waals surface area contributed by atoms with Gasteiger partial charge in [-0.3, -0.25) is 4.90 Å². The molecule has 1 fully saturated rings. The van der Waals surface area contributed by atoms with Crippen molar-refractivity contribution in [3.63, 3.8) is 0 Å². The van der Waals surface area contributed by atoms with E-state index >= 15 is 0 Å². The van der Waals surface area contributed by atoms with E-state index in [2.05, 4.69) is 37.9 Å². The highest BCUT2D eigenvalue weighted by Gasteiger charge is 2.16. The largest absolute Gasteiger partial charge is 0.395 e. The van der Waals surface area contributed by atoms with Gasteiger partial charge >= 0.3 is 0 Å². The number of hydrogen-bond donors (Lipinski definition) is 1. The molecule has 0 aromatic heterocycles. The third kappa shape index (κ3) is 2.97. The first kappa shape index (κ1) is 11.9. The molecule has 3 nitrogen and oxygen atoms in total. The van der Waals surface area contributed by atoms with Gasteiger partial charge in [-0.15, -0.1) is 0 Å². The number of rotatable bonds is 3. The van der Waals surface area contributed by atoms with Crippen molar-refractivity contribution in [3.8, 4) is 0 Å². The summed E-state index contributed by atoms with van der Waals surface area (Å²) < 4.78 is 1.06. The Labute approximate surface area is 105 Å². The smallest absolute Gasteiger partial charge is 0.0558 e. The number of hydrogen-bond acceptors (Lipinski definition) is 3. The molecule has 0 atom stereocenters. The van der Waals surface area contributed by atoms with Gasteiger partial charge in [0, 0.05) is 49.0 Å². The Balaban J connectivity index is 1.91. The van der Waals surface area contributed by atoms with E-state index in [9.17, 15) is 0 Å². The summed E-state index contributed by atoms with van der Waals surface area (Å²) in [5, 5.41) is 8.87. The fourth-order valence-corrected chi connectivity index (χ4v) is 2.19. The van der Waals surface area contributed by atoms with Crippen LogP contribution in [0.4, 0.5) is 5.69 Å². The molecular formula is C12H16BrN2O. The van der Waals surface area contributed by atoms with E-state index in [1.54, 1.807) is 0 Å². The molecule has 0 saturated carbocycles. The maximum Gasteiger partial charge on any atom is 0.0558 e. The van der Waals surface area contributed by atoms with Crippen LogP contribution in [0, 0.1) is 6.07 Å². The van der Waals surface area contributed by atoms with Crippen LogP contribution in [0.15, 0.2) is 22.7 Å². The standard InChI is InChI=1S/C12H16BrN2O/c13-11-1-3-12(4-2-11)15-7-5-14(6-8-15)9-10-16/h1-3,16H,5-10H2. The molecule has 1 aromatic carbocycles. The maximum absolute atomic E-state index is 8.87. The Morgan fingerprint density at radius 3 is 2.56 bits per heavy atom. The predicted octanol–water partition coefficient (Wildman–Crippen LogP) is 1.36. The number of β-amino-alcohol motifs (C(OH)–C–C–N with tert-alkyl or cyclic N) is 1. The van der Waals surface area contributed by atoms with E-state index in [4.69, 9.17) is 5.11 Å². The lowest BCUT2D eigenvalue weighted by Crippen LogP contribution is -2.47. The van der Waals surface area contributed by atoms with E-state index in [0.29, 0.717) is 0 Å². The van der Waals surface area contributed by atoms with Crippen LogP contribution in [-0.4, -0.2) is 49.3 Å². The first-order valence-electron chi connectivity index (χ1n) is 5.55. The summed E-state index contributed by atoms with van der Waals surface area (Å²) in [6.45, 7) is 5.10. The molecule has 1 heterocycles. The number of aliphatic hydroxyl groups is 1. The van der Waals surface area contributed by atoms with Gasteiger partial charge in [0.25, 0.3) is 0 Å². The summed E-state index contributed by atoms with van der Waals surface area (Å²) in [6, 6.07) is 9.35. The minimum Gasteiger partial charge on any atom is -0.395 e. The molecule has 0 amide bonds. The molecule has 87 valence electrons. The van der Waals surface area contributed by atoms with Crippen LogP contribution in [0.2, 0.25) is 0 Å². The Morgan fingerprint density at radius 2 is 2.00 bits per heavy atom. The zero-order valence-electron chi connectivity index (χ0n) is 9.19. The highest BCUT2D eigenvalue weighted by molar-refractivity contribution is 9.10. The first-order valence-corrected chi connectivity index (χ1v) is 6.34. The fourth-order valence-electron chi connectivity index (χ4n) is 1.95. The highest BCUT2D eigenvalue weighted by atomic mass is 79.9. The van der Waals surface area contributed by atoms with Crippen molar-refractivity contribution in [2.75, 3.05) is 44.2 Å². The van der Waals surface area contributed by atoms with Crippen molar-refractivity contribution in [2.45, 2.75) is 0 Å². The second kappa shape index (κ2) is 5.66. The van der Waals surface area contributed by atoms with Crippen molar-refractivity contribution in [1.29, 1.82) is 0 Å². The predicted molar refractivity (Wildman–Crippen MR) is 68.7 cm³/mol. The Hall–Kier alpha value is -0.580. The zero-order valence-corrected chi connectivity index (χ0v) is 10.8. The van der Waals surface area contributed by atoms with Crippen molar-refractivity contribution in [2.24, 2.45) is 0 Å². The van der Waals surface area contributed by atoms with Crippen LogP contribution in [0.5, 0.6) is 0 Å². The summed E-state index contributed by atoms with van der Waals surface area (Å²) in [6.07, 6.45) is 0. The van der Waals surface area contributed by atoms with Gasteiger partial charge in [0.05, 0.1) is 6.61 Å². The summed E-state index contributed by atoms with van der Waals surface area (Å²) in [5.41, 5.74) is 1.16. The van der Waals surface area contributed by atoms with Gasteiger partial charge in [-0.1, -0.05) is 15.9 Å². The average molecular weight is 284 g/mol. The third-order valence-corrected chi connectivity index (χ3v) is 3.38. The quantitative estimate of drug-likeness (QED) is 0.908. The van der Waals surface area contributed by atoms with Crippen molar-refractivity contribution in [3.05, 3.63) is 28.7 Å². The molecule has 0 unspecified atom stereocenters. The number of nitrogens with zero attached hydrogens (tertiary/aromatic N) is 2. The third-order valence-electron chi connectivity index (χ3n) is 2.89. The molecule has 0 aliphatic carbocycles. The van der Waals surface area contributed by atoms with Gasteiger partial charge in [-0.25, -0.2) is 0 Å². The Bertz CT molecular complexity index is 320.